The number of nitrogens with zero attached hydrogens (tertiary/aromatic N) is 1. The first-order chi connectivity index (χ1) is 12.2. The van der Waals surface area contributed by atoms with Crippen molar-refractivity contribution in [2.75, 3.05) is 38.0 Å². The number of aromatic nitrogens is 1. The third-order valence-electron chi connectivity index (χ3n) is 3.44. The van der Waals surface area contributed by atoms with Gasteiger partial charge in [0.15, 0.2) is 0 Å². The Morgan fingerprint density at radius 3 is 2.72 bits per heavy atom. The van der Waals surface area contributed by atoms with Crippen molar-refractivity contribution in [1.82, 2.24) is 4.98 Å². The smallest absolute Gasteiger partial charge is 0.339 e. The molecule has 1 amide bonds. The summed E-state index contributed by atoms with van der Waals surface area (Å²) in [5.74, 6) is -0.869. The highest BCUT2D eigenvalue weighted by atomic mass is 16.5. The number of pyridine rings is 1. The van der Waals surface area contributed by atoms with E-state index in [-0.39, 0.29) is 5.91 Å². The third kappa shape index (κ3) is 5.29. The predicted molar refractivity (Wildman–Crippen MR) is 95.0 cm³/mol. The van der Waals surface area contributed by atoms with E-state index in [4.69, 9.17) is 9.47 Å². The van der Waals surface area contributed by atoms with E-state index in [0.29, 0.717) is 30.0 Å². The Balaban J connectivity index is 2.08. The fraction of sp³-hybridized carbons (Fsp3) is 0.278. The van der Waals surface area contributed by atoms with E-state index >= 15 is 0 Å². The number of hydrogen-bond acceptors (Lipinski definition) is 6. The first-order valence-corrected chi connectivity index (χ1v) is 7.82. The van der Waals surface area contributed by atoms with Gasteiger partial charge in [0.1, 0.15) is 0 Å². The van der Waals surface area contributed by atoms with Crippen LogP contribution >= 0.6 is 0 Å². The molecule has 1 heterocycles. The molecule has 0 saturated heterocycles. The largest absolute Gasteiger partial charge is 0.465 e. The third-order valence-corrected chi connectivity index (χ3v) is 3.44. The van der Waals surface area contributed by atoms with Gasteiger partial charge in [0.05, 0.1) is 29.6 Å². The molecule has 0 saturated carbocycles. The summed E-state index contributed by atoms with van der Waals surface area (Å²) in [5, 5.41) is 5.90. The summed E-state index contributed by atoms with van der Waals surface area (Å²) in [6, 6.07) is 8.37. The molecule has 0 aliphatic rings. The Bertz CT molecular complexity index is 734. The minimum absolute atomic E-state index is 0.292. The number of anilines is 2. The van der Waals surface area contributed by atoms with Gasteiger partial charge in [0.2, 0.25) is 0 Å². The van der Waals surface area contributed by atoms with Gasteiger partial charge >= 0.3 is 5.97 Å². The summed E-state index contributed by atoms with van der Waals surface area (Å²) >= 11 is 0. The highest BCUT2D eigenvalue weighted by molar-refractivity contribution is 6.08. The van der Waals surface area contributed by atoms with Crippen LogP contribution in [0.25, 0.3) is 0 Å². The van der Waals surface area contributed by atoms with Crippen molar-refractivity contribution in [3.05, 3.63) is 53.9 Å². The lowest BCUT2D eigenvalue weighted by atomic mass is 10.1. The number of benzene rings is 1. The number of esters is 1. The highest BCUT2D eigenvalue weighted by Crippen LogP contribution is 2.18. The SMILES string of the molecule is COCCCNc1cncc(C(=O)Nc2ccccc2C(=O)OC)c1. The van der Waals surface area contributed by atoms with Crippen molar-refractivity contribution in [2.24, 2.45) is 0 Å². The van der Waals surface area contributed by atoms with Crippen molar-refractivity contribution in [2.45, 2.75) is 6.42 Å². The zero-order chi connectivity index (χ0) is 18.1. The maximum absolute atomic E-state index is 12.5. The molecule has 2 N–H and O–H groups in total. The van der Waals surface area contributed by atoms with Gasteiger partial charge in [-0.25, -0.2) is 4.79 Å². The molecule has 0 radical (unpaired) electrons. The van der Waals surface area contributed by atoms with Gasteiger partial charge in [-0.3, -0.25) is 9.78 Å². The molecule has 2 rings (SSSR count). The molecule has 0 aliphatic heterocycles. The lowest BCUT2D eigenvalue weighted by Crippen LogP contribution is -2.16. The van der Waals surface area contributed by atoms with E-state index in [1.807, 2.05) is 0 Å². The summed E-state index contributed by atoms with van der Waals surface area (Å²) in [6.07, 6.45) is 3.96. The molecule has 0 atom stereocenters. The van der Waals surface area contributed by atoms with Gasteiger partial charge in [0.25, 0.3) is 5.91 Å². The number of hydrogen-bond donors (Lipinski definition) is 2. The quantitative estimate of drug-likeness (QED) is 0.566. The van der Waals surface area contributed by atoms with Gasteiger partial charge in [-0.2, -0.15) is 0 Å². The van der Waals surface area contributed by atoms with Crippen LogP contribution in [0.1, 0.15) is 27.1 Å². The average molecular weight is 343 g/mol. The molecule has 25 heavy (non-hydrogen) atoms. The van der Waals surface area contributed by atoms with Gasteiger partial charge < -0.3 is 20.1 Å². The lowest BCUT2D eigenvalue weighted by molar-refractivity contribution is 0.0602. The second kappa shape index (κ2) is 9.39. The Hall–Kier alpha value is -2.93. The Kier molecular flexibility index (Phi) is 6.91. The van der Waals surface area contributed by atoms with Crippen LogP contribution in [0.15, 0.2) is 42.7 Å². The fourth-order valence-electron chi connectivity index (χ4n) is 2.18. The standard InChI is InChI=1S/C18H21N3O4/c1-24-9-5-8-20-14-10-13(11-19-12-14)17(22)21-16-7-4-3-6-15(16)18(23)25-2/h3-4,6-7,10-12,20H,5,8-9H2,1-2H3,(H,21,22). The van der Waals surface area contributed by atoms with Gasteiger partial charge in [-0.1, -0.05) is 12.1 Å². The number of amides is 1. The van der Waals surface area contributed by atoms with Gasteiger partial charge in [-0.05, 0) is 24.6 Å². The van der Waals surface area contributed by atoms with Crippen LogP contribution in [0.2, 0.25) is 0 Å². The molecule has 0 bridgehead atoms. The normalized spacial score (nSPS) is 10.2. The van der Waals surface area contributed by atoms with Crippen LogP contribution in [-0.4, -0.2) is 44.2 Å². The van der Waals surface area contributed by atoms with Crippen LogP contribution in [0.4, 0.5) is 11.4 Å². The van der Waals surface area contributed by atoms with Crippen LogP contribution in [0, 0.1) is 0 Å². The first-order valence-electron chi connectivity index (χ1n) is 7.82. The summed E-state index contributed by atoms with van der Waals surface area (Å²) < 4.78 is 9.72. The number of rotatable bonds is 8. The van der Waals surface area contributed by atoms with E-state index in [9.17, 15) is 9.59 Å². The van der Waals surface area contributed by atoms with Crippen molar-refractivity contribution < 1.29 is 19.1 Å². The van der Waals surface area contributed by atoms with E-state index in [2.05, 4.69) is 15.6 Å². The second-order valence-corrected chi connectivity index (χ2v) is 5.23. The first kappa shape index (κ1) is 18.4. The van der Waals surface area contributed by atoms with E-state index < -0.39 is 5.97 Å². The zero-order valence-corrected chi connectivity index (χ0v) is 14.2. The zero-order valence-electron chi connectivity index (χ0n) is 14.2. The molecular formula is C18H21N3O4. The van der Waals surface area contributed by atoms with Gasteiger partial charge in [0, 0.05) is 32.7 Å². The molecule has 0 aliphatic carbocycles. The molecule has 1 aromatic heterocycles. The maximum Gasteiger partial charge on any atom is 0.339 e. The maximum atomic E-state index is 12.5. The monoisotopic (exact) mass is 343 g/mol. The molecule has 0 spiro atoms. The summed E-state index contributed by atoms with van der Waals surface area (Å²) in [7, 11) is 2.95. The highest BCUT2D eigenvalue weighted by Gasteiger charge is 2.14. The molecule has 7 nitrogen and oxygen atoms in total. The number of ether oxygens (including phenoxy) is 2. The van der Waals surface area contributed by atoms with E-state index in [1.165, 1.54) is 13.3 Å². The molecule has 132 valence electrons. The Labute approximate surface area is 146 Å². The van der Waals surface area contributed by atoms with Crippen molar-refractivity contribution in [1.29, 1.82) is 0 Å². The van der Waals surface area contributed by atoms with Crippen LogP contribution in [0.3, 0.4) is 0 Å². The van der Waals surface area contributed by atoms with Crippen molar-refractivity contribution in [3.63, 3.8) is 0 Å². The number of carbonyl (C=O) groups is 2. The Morgan fingerprint density at radius 1 is 1.16 bits per heavy atom. The number of para-hydroxylation sites is 1. The summed E-state index contributed by atoms with van der Waals surface area (Å²) in [5.41, 5.74) is 1.80. The number of nitrogens with one attached hydrogen (secondary N) is 2. The number of methoxy groups -OCH3 is 2. The lowest BCUT2D eigenvalue weighted by Gasteiger charge is -2.11. The molecule has 2 aromatic rings. The van der Waals surface area contributed by atoms with Crippen molar-refractivity contribution in [3.8, 4) is 0 Å². The summed E-state index contributed by atoms with van der Waals surface area (Å²) in [6.45, 7) is 1.37. The molecule has 1 aromatic carbocycles. The average Bonchev–Trinajstić information content (AvgIpc) is 2.65. The second-order valence-electron chi connectivity index (χ2n) is 5.23. The molecule has 0 fully saturated rings. The fourth-order valence-corrected chi connectivity index (χ4v) is 2.18. The van der Waals surface area contributed by atoms with Crippen LogP contribution in [0.5, 0.6) is 0 Å². The predicted octanol–water partition coefficient (Wildman–Crippen LogP) is 2.57. The van der Waals surface area contributed by atoms with E-state index in [1.54, 1.807) is 43.6 Å². The minimum Gasteiger partial charge on any atom is -0.465 e. The van der Waals surface area contributed by atoms with E-state index in [0.717, 1.165) is 12.1 Å². The molecular weight excluding hydrogens is 322 g/mol. The number of carbonyl (C=O) groups excluding carboxylic acids is 2. The Morgan fingerprint density at radius 2 is 1.96 bits per heavy atom. The summed E-state index contributed by atoms with van der Waals surface area (Å²) in [4.78, 5) is 28.3. The van der Waals surface area contributed by atoms with Crippen LogP contribution in [-0.2, 0) is 9.47 Å². The minimum atomic E-state index is -0.511. The molecule has 7 heteroatoms. The van der Waals surface area contributed by atoms with Crippen LogP contribution < -0.4 is 10.6 Å². The molecule has 0 unspecified atom stereocenters. The van der Waals surface area contributed by atoms with Gasteiger partial charge in [-0.15, -0.1) is 0 Å². The van der Waals surface area contributed by atoms with Crippen molar-refractivity contribution >= 4 is 23.3 Å². The topological polar surface area (TPSA) is 89.5 Å².